The lowest BCUT2D eigenvalue weighted by Crippen LogP contribution is -2.48. The average molecular weight is 344 g/mol. The van der Waals surface area contributed by atoms with Gasteiger partial charge in [-0.25, -0.2) is 0 Å². The summed E-state index contributed by atoms with van der Waals surface area (Å²) in [4.78, 5) is 36.8. The fourth-order valence-electron chi connectivity index (χ4n) is 2.37. The SMILES string of the molecule is N#Cc1ccc(OCC(=O)NNC(=O)CN2CCCCCC2=O)cc1. The first-order valence-corrected chi connectivity index (χ1v) is 8.07. The Balaban J connectivity index is 1.69. The number of benzene rings is 1. The molecule has 3 amide bonds. The van der Waals surface area contributed by atoms with Crippen LogP contribution in [-0.2, 0) is 14.4 Å². The molecular formula is C17H20N4O4. The molecule has 8 heteroatoms. The third-order valence-corrected chi connectivity index (χ3v) is 3.70. The van der Waals surface area contributed by atoms with Gasteiger partial charge in [-0.3, -0.25) is 25.2 Å². The number of carbonyl (C=O) groups excluding carboxylic acids is 3. The fourth-order valence-corrected chi connectivity index (χ4v) is 2.37. The predicted octanol–water partition coefficient (Wildman–Crippen LogP) is 0.487. The summed E-state index contributed by atoms with van der Waals surface area (Å²) >= 11 is 0. The number of likely N-dealkylation sites (tertiary alicyclic amines) is 1. The summed E-state index contributed by atoms with van der Waals surface area (Å²) < 4.78 is 5.25. The van der Waals surface area contributed by atoms with Gasteiger partial charge in [0, 0.05) is 13.0 Å². The van der Waals surface area contributed by atoms with Crippen molar-refractivity contribution >= 4 is 17.7 Å². The molecule has 0 aliphatic carbocycles. The number of nitrogens with one attached hydrogen (secondary N) is 2. The predicted molar refractivity (Wildman–Crippen MR) is 88.0 cm³/mol. The molecule has 1 aliphatic heterocycles. The Morgan fingerprint density at radius 3 is 2.56 bits per heavy atom. The molecule has 2 N–H and O–H groups in total. The smallest absolute Gasteiger partial charge is 0.276 e. The third kappa shape index (κ3) is 6.14. The van der Waals surface area contributed by atoms with Crippen molar-refractivity contribution in [2.75, 3.05) is 19.7 Å². The van der Waals surface area contributed by atoms with Gasteiger partial charge in [-0.05, 0) is 37.1 Å². The largest absolute Gasteiger partial charge is 0.484 e. The average Bonchev–Trinajstić information content (AvgIpc) is 2.83. The Morgan fingerprint density at radius 1 is 1.12 bits per heavy atom. The van der Waals surface area contributed by atoms with E-state index < -0.39 is 11.8 Å². The Morgan fingerprint density at radius 2 is 1.84 bits per heavy atom. The van der Waals surface area contributed by atoms with Crippen LogP contribution in [0.1, 0.15) is 31.2 Å². The Labute approximate surface area is 145 Å². The van der Waals surface area contributed by atoms with Crippen LogP contribution in [0.4, 0.5) is 0 Å². The van der Waals surface area contributed by atoms with Crippen LogP contribution in [0.5, 0.6) is 5.75 Å². The van der Waals surface area contributed by atoms with Crippen LogP contribution in [0.15, 0.2) is 24.3 Å². The van der Waals surface area contributed by atoms with Gasteiger partial charge in [-0.1, -0.05) is 6.42 Å². The number of hydrazine groups is 1. The van der Waals surface area contributed by atoms with Crippen molar-refractivity contribution in [3.05, 3.63) is 29.8 Å². The van der Waals surface area contributed by atoms with E-state index in [1.54, 1.807) is 24.3 Å². The first-order valence-electron chi connectivity index (χ1n) is 8.07. The number of nitrogens with zero attached hydrogens (tertiary/aromatic N) is 2. The minimum Gasteiger partial charge on any atom is -0.484 e. The molecule has 0 aromatic heterocycles. The Bertz CT molecular complexity index is 666. The highest BCUT2D eigenvalue weighted by atomic mass is 16.5. The molecule has 1 heterocycles. The zero-order valence-corrected chi connectivity index (χ0v) is 13.8. The molecule has 0 spiro atoms. The van der Waals surface area contributed by atoms with Crippen molar-refractivity contribution in [3.8, 4) is 11.8 Å². The van der Waals surface area contributed by atoms with Gasteiger partial charge in [0.05, 0.1) is 11.6 Å². The molecule has 1 saturated heterocycles. The van der Waals surface area contributed by atoms with Gasteiger partial charge in [0.25, 0.3) is 11.8 Å². The van der Waals surface area contributed by atoms with Crippen LogP contribution in [0.2, 0.25) is 0 Å². The molecule has 1 aromatic carbocycles. The zero-order valence-electron chi connectivity index (χ0n) is 13.8. The van der Waals surface area contributed by atoms with E-state index in [-0.39, 0.29) is 19.1 Å². The first-order chi connectivity index (χ1) is 12.1. The highest BCUT2D eigenvalue weighted by molar-refractivity contribution is 5.87. The molecule has 0 bridgehead atoms. The van der Waals surface area contributed by atoms with E-state index in [4.69, 9.17) is 10.00 Å². The first kappa shape index (κ1) is 18.3. The third-order valence-electron chi connectivity index (χ3n) is 3.70. The molecule has 8 nitrogen and oxygen atoms in total. The van der Waals surface area contributed by atoms with E-state index in [1.165, 1.54) is 4.90 Å². The van der Waals surface area contributed by atoms with Crippen molar-refractivity contribution in [2.45, 2.75) is 25.7 Å². The van der Waals surface area contributed by atoms with Crippen molar-refractivity contribution in [2.24, 2.45) is 0 Å². The number of hydrogen-bond donors (Lipinski definition) is 2. The van der Waals surface area contributed by atoms with Crippen LogP contribution < -0.4 is 15.6 Å². The van der Waals surface area contributed by atoms with Crippen molar-refractivity contribution < 1.29 is 19.1 Å². The summed E-state index contributed by atoms with van der Waals surface area (Å²) in [6.45, 7) is 0.201. The molecule has 0 atom stereocenters. The highest BCUT2D eigenvalue weighted by Gasteiger charge is 2.19. The lowest BCUT2D eigenvalue weighted by Gasteiger charge is -2.19. The van der Waals surface area contributed by atoms with E-state index in [0.717, 1.165) is 19.3 Å². The molecule has 0 unspecified atom stereocenters. The van der Waals surface area contributed by atoms with Gasteiger partial charge in [0.15, 0.2) is 6.61 Å². The number of carbonyl (C=O) groups is 3. The van der Waals surface area contributed by atoms with Crippen molar-refractivity contribution in [1.29, 1.82) is 5.26 Å². The summed E-state index contributed by atoms with van der Waals surface area (Å²) in [6.07, 6.45) is 3.16. The van der Waals surface area contributed by atoms with E-state index in [9.17, 15) is 14.4 Å². The summed E-state index contributed by atoms with van der Waals surface area (Å²) in [5.74, 6) is -0.583. The van der Waals surface area contributed by atoms with Crippen molar-refractivity contribution in [3.63, 3.8) is 0 Å². The number of hydrogen-bond acceptors (Lipinski definition) is 5. The summed E-state index contributed by atoms with van der Waals surface area (Å²) in [7, 11) is 0. The second-order valence-electron chi connectivity index (χ2n) is 5.65. The van der Waals surface area contributed by atoms with Crippen LogP contribution in [0.3, 0.4) is 0 Å². The maximum absolute atomic E-state index is 11.8. The second-order valence-corrected chi connectivity index (χ2v) is 5.65. The topological polar surface area (TPSA) is 112 Å². The maximum atomic E-state index is 11.8. The van der Waals surface area contributed by atoms with E-state index >= 15 is 0 Å². The van der Waals surface area contributed by atoms with Gasteiger partial charge in [-0.15, -0.1) is 0 Å². The van der Waals surface area contributed by atoms with E-state index in [2.05, 4.69) is 10.9 Å². The van der Waals surface area contributed by atoms with Crippen LogP contribution in [-0.4, -0.2) is 42.3 Å². The lowest BCUT2D eigenvalue weighted by atomic mass is 10.2. The minimum absolute atomic E-state index is 0.0388. The van der Waals surface area contributed by atoms with Gasteiger partial charge >= 0.3 is 0 Å². The molecule has 2 rings (SSSR count). The summed E-state index contributed by atoms with van der Waals surface area (Å²) in [5, 5.41) is 8.70. The maximum Gasteiger partial charge on any atom is 0.276 e. The van der Waals surface area contributed by atoms with E-state index in [1.807, 2.05) is 6.07 Å². The van der Waals surface area contributed by atoms with Crippen LogP contribution in [0, 0.1) is 11.3 Å². The van der Waals surface area contributed by atoms with Gasteiger partial charge in [-0.2, -0.15) is 5.26 Å². The summed E-state index contributed by atoms with van der Waals surface area (Å²) in [5.41, 5.74) is 5.00. The molecular weight excluding hydrogens is 324 g/mol. The number of amides is 3. The number of nitriles is 1. The van der Waals surface area contributed by atoms with E-state index in [0.29, 0.717) is 24.3 Å². The lowest BCUT2D eigenvalue weighted by molar-refractivity contribution is -0.136. The van der Waals surface area contributed by atoms with Gasteiger partial charge in [0.1, 0.15) is 12.3 Å². The molecule has 1 aliphatic rings. The van der Waals surface area contributed by atoms with Crippen molar-refractivity contribution in [1.82, 2.24) is 15.8 Å². The van der Waals surface area contributed by atoms with Crippen LogP contribution in [0.25, 0.3) is 0 Å². The van der Waals surface area contributed by atoms with Crippen LogP contribution >= 0.6 is 0 Å². The Kier molecular flexibility index (Phi) is 6.77. The fraction of sp³-hybridized carbons (Fsp3) is 0.412. The standard InChI is InChI=1S/C17H20N4O4/c18-10-13-5-7-14(8-6-13)25-12-16(23)20-19-15(22)11-21-9-3-1-2-4-17(21)24/h5-8H,1-4,9,11-12H2,(H,19,22)(H,20,23). The molecule has 1 aromatic rings. The van der Waals surface area contributed by atoms with Gasteiger partial charge < -0.3 is 9.64 Å². The highest BCUT2D eigenvalue weighted by Crippen LogP contribution is 2.11. The minimum atomic E-state index is -0.528. The number of ether oxygens (including phenoxy) is 1. The molecule has 0 radical (unpaired) electrons. The normalized spacial score (nSPS) is 14.2. The zero-order chi connectivity index (χ0) is 18.1. The molecule has 1 fully saturated rings. The quantitative estimate of drug-likeness (QED) is 0.755. The Hall–Kier alpha value is -3.08. The molecule has 0 saturated carbocycles. The second kappa shape index (κ2) is 9.27. The molecule has 25 heavy (non-hydrogen) atoms. The number of rotatable bonds is 5. The monoisotopic (exact) mass is 344 g/mol. The van der Waals surface area contributed by atoms with Gasteiger partial charge in [0.2, 0.25) is 5.91 Å². The summed E-state index contributed by atoms with van der Waals surface area (Å²) in [6, 6.07) is 8.29. The molecule has 132 valence electrons.